The molecule has 460 valence electrons. The minimum Gasteiger partial charge on any atom is -0.394 e. The third-order valence-electron chi connectivity index (χ3n) is 13.2. The molecular weight excluding hydrogens is 1030 g/mol. The predicted octanol–water partition coefficient (Wildman–Crippen LogP) is 1.11. The van der Waals surface area contributed by atoms with Gasteiger partial charge in [-0.2, -0.15) is 0 Å². The summed E-state index contributed by atoms with van der Waals surface area (Å²) >= 11 is 0. The lowest BCUT2D eigenvalue weighted by atomic mass is 9.97. The summed E-state index contributed by atoms with van der Waals surface area (Å²) in [4.78, 5) is 147. The Morgan fingerprint density at radius 3 is 1.35 bits per heavy atom. The number of nitrogens with two attached hydrogens (primary N) is 1. The average Bonchev–Trinajstić information content (AvgIpc) is 3.35. The summed E-state index contributed by atoms with van der Waals surface area (Å²) in [5.74, 6) is -7.42. The van der Waals surface area contributed by atoms with Crippen molar-refractivity contribution in [3.8, 4) is 0 Å². The topological polar surface area (TPSA) is 366 Å². The molecule has 0 rings (SSSR count). The zero-order chi connectivity index (χ0) is 61.6. The Labute approximate surface area is 476 Å². The van der Waals surface area contributed by atoms with Gasteiger partial charge in [-0.05, 0) is 117 Å². The first-order valence-corrected chi connectivity index (χ1v) is 28.8. The summed E-state index contributed by atoms with van der Waals surface area (Å²) in [5, 5.41) is 38.7. The van der Waals surface area contributed by atoms with Crippen LogP contribution >= 0.6 is 0 Å². The molecule has 11 amide bonds. The molecule has 0 aliphatic heterocycles. The lowest BCUT2D eigenvalue weighted by Crippen LogP contribution is -2.62. The number of carbonyl (C=O) groups is 11. The van der Waals surface area contributed by atoms with Crippen LogP contribution in [0, 0.1) is 23.7 Å². The zero-order valence-electron chi connectivity index (χ0n) is 50.9. The van der Waals surface area contributed by atoms with Crippen LogP contribution < -0.4 is 64.2 Å². The van der Waals surface area contributed by atoms with Gasteiger partial charge in [-0.1, -0.05) is 94.4 Å². The van der Waals surface area contributed by atoms with Crippen molar-refractivity contribution >= 4 is 65.0 Å². The van der Waals surface area contributed by atoms with Gasteiger partial charge in [0, 0.05) is 6.42 Å². The first-order chi connectivity index (χ1) is 37.2. The average molecular weight is 1140 g/mol. The summed E-state index contributed by atoms with van der Waals surface area (Å²) in [6, 6.07) is -4.95. The predicted molar refractivity (Wildman–Crippen MR) is 307 cm³/mol. The maximum Gasteiger partial charge on any atom is 0.245 e. The Balaban J connectivity index is 5.80. The molecule has 0 aliphatic rings. The number of carbonyl (C=O) groups excluding carboxylic acids is 11. The molecule has 0 fully saturated rings. The van der Waals surface area contributed by atoms with Gasteiger partial charge in [0.15, 0.2) is 0 Å². The van der Waals surface area contributed by atoms with E-state index in [1.807, 2.05) is 48.5 Å². The molecule has 0 aromatic rings. The fourth-order valence-corrected chi connectivity index (χ4v) is 8.28. The van der Waals surface area contributed by atoms with Gasteiger partial charge in [-0.25, -0.2) is 0 Å². The first kappa shape index (κ1) is 74.1. The maximum absolute atomic E-state index is 13.8. The summed E-state index contributed by atoms with van der Waals surface area (Å²) < 4.78 is 0. The zero-order valence-corrected chi connectivity index (χ0v) is 50.9. The molecule has 0 spiro atoms. The van der Waals surface area contributed by atoms with Crippen LogP contribution in [0.3, 0.4) is 0 Å². The smallest absolute Gasteiger partial charge is 0.245 e. The van der Waals surface area contributed by atoms with Crippen LogP contribution in [0.5, 0.6) is 0 Å². The second kappa shape index (κ2) is 37.2. The number of amides is 11. The van der Waals surface area contributed by atoms with E-state index in [0.717, 1.165) is 25.7 Å². The van der Waals surface area contributed by atoms with E-state index in [1.54, 1.807) is 6.92 Å². The quantitative estimate of drug-likeness (QED) is 0.0383. The number of rotatable bonds is 40. The van der Waals surface area contributed by atoms with Crippen LogP contribution in [-0.4, -0.2) is 150 Å². The monoisotopic (exact) mass is 1140 g/mol. The molecule has 24 nitrogen and oxygen atoms in total. The van der Waals surface area contributed by atoms with E-state index in [4.69, 9.17) is 5.73 Å². The van der Waals surface area contributed by atoms with E-state index < -0.39 is 126 Å². The van der Waals surface area contributed by atoms with E-state index >= 15 is 0 Å². The van der Waals surface area contributed by atoms with Gasteiger partial charge < -0.3 is 69.3 Å². The molecule has 0 unspecified atom stereocenters. The van der Waals surface area contributed by atoms with Crippen LogP contribution in [0.4, 0.5) is 0 Å². The van der Waals surface area contributed by atoms with Crippen molar-refractivity contribution in [3.63, 3.8) is 0 Å². The number of aliphatic hydroxyl groups excluding tert-OH is 1. The first-order valence-electron chi connectivity index (χ1n) is 28.8. The number of nitrogens with one attached hydrogen (secondary N) is 11. The van der Waals surface area contributed by atoms with Gasteiger partial charge in [0.1, 0.15) is 40.8 Å². The van der Waals surface area contributed by atoms with Crippen molar-refractivity contribution in [2.75, 3.05) is 32.8 Å². The lowest BCUT2D eigenvalue weighted by molar-refractivity contribution is -0.137. The highest BCUT2D eigenvalue weighted by molar-refractivity contribution is 5.99. The molecule has 6 atom stereocenters. The SMILES string of the molecule is CCCCCCCC(=O)NC(C)(C)C(=O)NCC(=O)N[C@@H](CC(C)C)C(=O)NC(C)(C)C(=O)N[C@@H](CCCCN)C(=O)NCC(=O)N[C@@H](CC(C)C)C(=O)NC(C)(C)C(=O)NCC(=O)N[C@H](C(=O)N[C@H](CO)CC(C)C)[C@@H](C)CC. The number of hydrogen-bond acceptors (Lipinski definition) is 13. The minimum absolute atomic E-state index is 0.0966. The summed E-state index contributed by atoms with van der Waals surface area (Å²) in [5.41, 5.74) is 1.16. The fraction of sp³-hybridized carbons (Fsp3) is 0.804. The highest BCUT2D eigenvalue weighted by atomic mass is 16.3. The molecule has 0 aromatic carbocycles. The Morgan fingerprint density at radius 1 is 0.450 bits per heavy atom. The molecule has 0 heterocycles. The van der Waals surface area contributed by atoms with Crippen molar-refractivity contribution in [3.05, 3.63) is 0 Å². The standard InChI is InChI=1S/C56H104N12O12/c1-16-18-19-20-21-25-42(70)66-54(10,11)51(78)59-31-44(72)63-41(29-36(7)8)49(76)68-56(14,15)53(80)64-39(24-22-23-26-57)47(74)58-30-43(71)62-40(28-35(5)6)48(75)67-55(12,13)52(79)60-32-45(73)65-46(37(9)17-2)50(77)61-38(33-69)27-34(3)4/h34-41,46,69H,16-33,57H2,1-15H3,(H,58,74)(H,59,78)(H,60,79)(H,61,77)(H,62,71)(H,63,72)(H,64,80)(H,65,73)(H,66,70)(H,67,75)(H,68,76)/t37-,38-,39-,40-,41-,46-/m0/s1. The molecule has 0 bridgehead atoms. The number of unbranched alkanes of at least 4 members (excludes halogenated alkanes) is 5. The van der Waals surface area contributed by atoms with Crippen LogP contribution in [0.2, 0.25) is 0 Å². The van der Waals surface area contributed by atoms with Gasteiger partial charge in [0.25, 0.3) is 0 Å². The third-order valence-corrected chi connectivity index (χ3v) is 13.2. The molecule has 0 radical (unpaired) electrons. The van der Waals surface area contributed by atoms with Crippen molar-refractivity contribution in [1.29, 1.82) is 0 Å². The second-order valence-corrected chi connectivity index (χ2v) is 23.9. The van der Waals surface area contributed by atoms with Crippen LogP contribution in [-0.2, 0) is 52.7 Å². The van der Waals surface area contributed by atoms with E-state index in [9.17, 15) is 57.8 Å². The molecule has 14 N–H and O–H groups in total. The van der Waals surface area contributed by atoms with Crippen LogP contribution in [0.25, 0.3) is 0 Å². The Morgan fingerprint density at radius 2 is 0.900 bits per heavy atom. The Bertz CT molecular complexity index is 2030. The van der Waals surface area contributed by atoms with Gasteiger partial charge in [0.2, 0.25) is 65.0 Å². The van der Waals surface area contributed by atoms with Crippen LogP contribution in [0.1, 0.15) is 187 Å². The largest absolute Gasteiger partial charge is 0.394 e. The summed E-state index contributed by atoms with van der Waals surface area (Å²) in [6.07, 6.45) is 7.43. The van der Waals surface area contributed by atoms with E-state index in [0.29, 0.717) is 38.6 Å². The highest BCUT2D eigenvalue weighted by Crippen LogP contribution is 2.14. The van der Waals surface area contributed by atoms with Crippen LogP contribution in [0.15, 0.2) is 0 Å². The van der Waals surface area contributed by atoms with E-state index in [1.165, 1.54) is 41.5 Å². The van der Waals surface area contributed by atoms with E-state index in [-0.39, 0.29) is 61.9 Å². The molecule has 0 saturated carbocycles. The molecule has 24 heteroatoms. The summed E-state index contributed by atoms with van der Waals surface area (Å²) in [7, 11) is 0. The van der Waals surface area contributed by atoms with Gasteiger partial charge in [-0.3, -0.25) is 52.7 Å². The highest BCUT2D eigenvalue weighted by Gasteiger charge is 2.38. The van der Waals surface area contributed by atoms with E-state index in [2.05, 4.69) is 65.4 Å². The molecule has 0 aromatic heterocycles. The van der Waals surface area contributed by atoms with Gasteiger partial charge in [0.05, 0.1) is 32.3 Å². The fourth-order valence-electron chi connectivity index (χ4n) is 8.28. The second-order valence-electron chi connectivity index (χ2n) is 23.9. The van der Waals surface area contributed by atoms with Crippen molar-refractivity contribution < 1.29 is 57.8 Å². The molecule has 0 saturated heterocycles. The molecule has 0 aliphatic carbocycles. The number of aliphatic hydroxyl groups is 1. The van der Waals surface area contributed by atoms with Crippen molar-refractivity contribution in [2.45, 2.75) is 234 Å². The summed E-state index contributed by atoms with van der Waals surface area (Å²) in [6.45, 7) is 24.0. The van der Waals surface area contributed by atoms with Crippen molar-refractivity contribution in [1.82, 2.24) is 58.5 Å². The third kappa shape index (κ3) is 30.1. The van der Waals surface area contributed by atoms with Crippen molar-refractivity contribution in [2.24, 2.45) is 29.4 Å². The normalized spacial score (nSPS) is 14.1. The molecule has 80 heavy (non-hydrogen) atoms. The Hall–Kier alpha value is -5.91. The molecular formula is C56H104N12O12. The Kier molecular flexibility index (Phi) is 34.4. The van der Waals surface area contributed by atoms with Gasteiger partial charge >= 0.3 is 0 Å². The lowest BCUT2D eigenvalue weighted by Gasteiger charge is -2.30. The minimum atomic E-state index is -1.64. The van der Waals surface area contributed by atoms with Gasteiger partial charge in [-0.15, -0.1) is 0 Å². The maximum atomic E-state index is 13.8. The number of hydrogen-bond donors (Lipinski definition) is 13.